The molecule has 0 radical (unpaired) electrons. The summed E-state index contributed by atoms with van der Waals surface area (Å²) in [6.45, 7) is 3.48. The molecule has 98 valence electrons. The molecule has 0 saturated carbocycles. The summed E-state index contributed by atoms with van der Waals surface area (Å²) in [6, 6.07) is 6.45. The Morgan fingerprint density at radius 3 is 2.78 bits per heavy atom. The minimum atomic E-state index is -0.238. The van der Waals surface area contributed by atoms with E-state index in [1.54, 1.807) is 12.1 Å². The van der Waals surface area contributed by atoms with Crippen molar-refractivity contribution in [1.82, 2.24) is 5.32 Å². The van der Waals surface area contributed by atoms with Gasteiger partial charge >= 0.3 is 5.97 Å². The highest BCUT2D eigenvalue weighted by molar-refractivity contribution is 5.74. The molecule has 3 nitrogen and oxygen atoms in total. The number of nitrogens with one attached hydrogen (secondary N) is 1. The van der Waals surface area contributed by atoms with E-state index in [0.29, 0.717) is 6.54 Å². The van der Waals surface area contributed by atoms with Gasteiger partial charge in [-0.1, -0.05) is 19.1 Å². The van der Waals surface area contributed by atoms with Crippen molar-refractivity contribution in [2.24, 2.45) is 11.3 Å². The number of hydrogen-bond donors (Lipinski definition) is 1. The lowest BCUT2D eigenvalue weighted by Crippen LogP contribution is -2.35. The number of halogens is 1. The fraction of sp³-hybridized carbons (Fsp3) is 0.500. The Bertz CT molecular complexity index is 432. The van der Waals surface area contributed by atoms with Gasteiger partial charge in [-0.05, 0) is 29.5 Å². The molecule has 1 aliphatic rings. The van der Waals surface area contributed by atoms with Crippen LogP contribution in [-0.4, -0.2) is 26.2 Å². The van der Waals surface area contributed by atoms with Gasteiger partial charge in [0.15, 0.2) is 0 Å². The van der Waals surface area contributed by atoms with Gasteiger partial charge in [-0.3, -0.25) is 4.79 Å². The Balaban J connectivity index is 2.15. The van der Waals surface area contributed by atoms with Crippen LogP contribution < -0.4 is 5.32 Å². The van der Waals surface area contributed by atoms with Crippen LogP contribution in [-0.2, 0) is 16.0 Å². The molecule has 1 heterocycles. The molecule has 1 N–H and O–H groups in total. The lowest BCUT2D eigenvalue weighted by molar-refractivity contribution is -0.148. The van der Waals surface area contributed by atoms with Crippen LogP contribution in [0.1, 0.15) is 12.5 Å². The topological polar surface area (TPSA) is 38.3 Å². The van der Waals surface area contributed by atoms with Crippen LogP contribution in [0, 0.1) is 17.2 Å². The van der Waals surface area contributed by atoms with E-state index in [0.717, 1.165) is 18.5 Å². The molecule has 1 aliphatic heterocycles. The van der Waals surface area contributed by atoms with Gasteiger partial charge in [-0.2, -0.15) is 0 Å². The molecule has 2 atom stereocenters. The molecule has 0 aliphatic carbocycles. The van der Waals surface area contributed by atoms with Crippen LogP contribution in [0.15, 0.2) is 24.3 Å². The predicted molar refractivity (Wildman–Crippen MR) is 66.6 cm³/mol. The van der Waals surface area contributed by atoms with Crippen molar-refractivity contribution >= 4 is 5.97 Å². The minimum absolute atomic E-state index is 0.146. The number of rotatable bonds is 3. The van der Waals surface area contributed by atoms with E-state index in [9.17, 15) is 9.18 Å². The van der Waals surface area contributed by atoms with Gasteiger partial charge in [0.1, 0.15) is 5.82 Å². The zero-order valence-electron chi connectivity index (χ0n) is 10.7. The molecule has 4 heteroatoms. The van der Waals surface area contributed by atoms with Crippen LogP contribution in [0.2, 0.25) is 0 Å². The van der Waals surface area contributed by atoms with E-state index in [1.165, 1.54) is 19.2 Å². The first-order chi connectivity index (χ1) is 8.55. The predicted octanol–water partition coefficient (Wildman–Crippen LogP) is 1.77. The van der Waals surface area contributed by atoms with E-state index in [2.05, 4.69) is 12.2 Å². The molecule has 18 heavy (non-hydrogen) atoms. The Kier molecular flexibility index (Phi) is 3.66. The van der Waals surface area contributed by atoms with E-state index in [4.69, 9.17) is 4.74 Å². The standard InChI is InChI=1S/C14H18FNO2/c1-14(7-10-3-5-11(15)6-4-10)9-16-8-12(14)13(17)18-2/h3-6,12,16H,7-9H2,1-2H3. The first kappa shape index (κ1) is 13.0. The lowest BCUT2D eigenvalue weighted by atomic mass is 9.75. The zero-order chi connectivity index (χ0) is 13.2. The Morgan fingerprint density at radius 2 is 2.17 bits per heavy atom. The summed E-state index contributed by atoms with van der Waals surface area (Å²) in [7, 11) is 1.42. The Labute approximate surface area is 106 Å². The third-order valence-corrected chi connectivity index (χ3v) is 3.73. The normalized spacial score (nSPS) is 27.2. The smallest absolute Gasteiger partial charge is 0.310 e. The summed E-state index contributed by atoms with van der Waals surface area (Å²) in [5.74, 6) is -0.560. The monoisotopic (exact) mass is 251 g/mol. The molecular weight excluding hydrogens is 233 g/mol. The van der Waals surface area contributed by atoms with Gasteiger partial charge in [0.25, 0.3) is 0 Å². The van der Waals surface area contributed by atoms with Crippen molar-refractivity contribution < 1.29 is 13.9 Å². The Hall–Kier alpha value is -1.42. The summed E-state index contributed by atoms with van der Waals surface area (Å²) >= 11 is 0. The maximum Gasteiger partial charge on any atom is 0.310 e. The molecular formula is C14H18FNO2. The first-order valence-corrected chi connectivity index (χ1v) is 6.08. The van der Waals surface area contributed by atoms with Gasteiger partial charge in [0.2, 0.25) is 0 Å². The summed E-state index contributed by atoms with van der Waals surface area (Å²) in [5, 5.41) is 3.23. The van der Waals surface area contributed by atoms with Gasteiger partial charge in [-0.15, -0.1) is 0 Å². The van der Waals surface area contributed by atoms with Gasteiger partial charge in [-0.25, -0.2) is 4.39 Å². The van der Waals surface area contributed by atoms with Crippen LogP contribution in [0.5, 0.6) is 0 Å². The highest BCUT2D eigenvalue weighted by atomic mass is 19.1. The molecule has 1 saturated heterocycles. The van der Waals surface area contributed by atoms with Crippen molar-refractivity contribution in [3.05, 3.63) is 35.6 Å². The fourth-order valence-corrected chi connectivity index (χ4v) is 2.64. The van der Waals surface area contributed by atoms with Crippen LogP contribution in [0.25, 0.3) is 0 Å². The van der Waals surface area contributed by atoms with Crippen LogP contribution >= 0.6 is 0 Å². The third kappa shape index (κ3) is 2.53. The number of esters is 1. The van der Waals surface area contributed by atoms with Gasteiger partial charge < -0.3 is 10.1 Å². The average molecular weight is 251 g/mol. The minimum Gasteiger partial charge on any atom is -0.469 e. The number of carbonyl (C=O) groups is 1. The van der Waals surface area contributed by atoms with Crippen molar-refractivity contribution in [2.45, 2.75) is 13.3 Å². The molecule has 2 unspecified atom stereocenters. The lowest BCUT2D eigenvalue weighted by Gasteiger charge is -2.28. The summed E-state index contributed by atoms with van der Waals surface area (Å²) in [5.41, 5.74) is 0.863. The van der Waals surface area contributed by atoms with E-state index in [-0.39, 0.29) is 23.1 Å². The molecule has 0 aromatic heterocycles. The second kappa shape index (κ2) is 5.06. The number of benzene rings is 1. The average Bonchev–Trinajstić information content (AvgIpc) is 2.73. The number of methoxy groups -OCH3 is 1. The first-order valence-electron chi connectivity index (χ1n) is 6.08. The molecule has 1 aromatic rings. The number of carbonyl (C=O) groups excluding carboxylic acids is 1. The molecule has 0 amide bonds. The zero-order valence-corrected chi connectivity index (χ0v) is 10.7. The van der Waals surface area contributed by atoms with Crippen molar-refractivity contribution in [3.63, 3.8) is 0 Å². The highest BCUT2D eigenvalue weighted by Gasteiger charge is 2.43. The van der Waals surface area contributed by atoms with Crippen molar-refractivity contribution in [2.75, 3.05) is 20.2 Å². The van der Waals surface area contributed by atoms with Gasteiger partial charge in [0.05, 0.1) is 13.0 Å². The molecule has 2 rings (SSSR count). The van der Waals surface area contributed by atoms with E-state index >= 15 is 0 Å². The Morgan fingerprint density at radius 1 is 1.50 bits per heavy atom. The van der Waals surface area contributed by atoms with Crippen LogP contribution in [0.3, 0.4) is 0 Å². The summed E-state index contributed by atoms with van der Waals surface area (Å²) in [4.78, 5) is 11.8. The molecule has 0 spiro atoms. The second-order valence-corrected chi connectivity index (χ2v) is 5.16. The summed E-state index contributed by atoms with van der Waals surface area (Å²) in [6.07, 6.45) is 0.736. The number of hydrogen-bond acceptors (Lipinski definition) is 3. The van der Waals surface area contributed by atoms with Gasteiger partial charge in [0, 0.05) is 13.1 Å². The second-order valence-electron chi connectivity index (χ2n) is 5.16. The maximum atomic E-state index is 12.9. The third-order valence-electron chi connectivity index (χ3n) is 3.73. The molecule has 0 bridgehead atoms. The van der Waals surface area contributed by atoms with E-state index < -0.39 is 0 Å². The largest absolute Gasteiger partial charge is 0.469 e. The molecule has 1 aromatic carbocycles. The van der Waals surface area contributed by atoms with Crippen molar-refractivity contribution in [3.8, 4) is 0 Å². The van der Waals surface area contributed by atoms with E-state index in [1.807, 2.05) is 0 Å². The highest BCUT2D eigenvalue weighted by Crippen LogP contribution is 2.35. The SMILES string of the molecule is COC(=O)C1CNCC1(C)Cc1ccc(F)cc1. The van der Waals surface area contributed by atoms with Crippen molar-refractivity contribution in [1.29, 1.82) is 0 Å². The molecule has 1 fully saturated rings. The quantitative estimate of drug-likeness (QED) is 0.832. The maximum absolute atomic E-state index is 12.9. The number of ether oxygens (including phenoxy) is 1. The summed E-state index contributed by atoms with van der Waals surface area (Å²) < 4.78 is 17.7. The fourth-order valence-electron chi connectivity index (χ4n) is 2.64. The van der Waals surface area contributed by atoms with Crippen LogP contribution in [0.4, 0.5) is 4.39 Å².